The van der Waals surface area contributed by atoms with Gasteiger partial charge in [0, 0.05) is 11.7 Å². The van der Waals surface area contributed by atoms with Gasteiger partial charge in [0.1, 0.15) is 0 Å². The van der Waals surface area contributed by atoms with Crippen LogP contribution in [0.5, 0.6) is 0 Å². The maximum atomic E-state index is 12.4. The number of imide groups is 1. The average molecular weight is 244 g/mol. The molecule has 4 heteroatoms. The highest BCUT2D eigenvalue weighted by Gasteiger charge is 2.45. The van der Waals surface area contributed by atoms with Gasteiger partial charge in [-0.15, -0.1) is 0 Å². The highest BCUT2D eigenvalue weighted by Crippen LogP contribution is 2.40. The molecule has 1 fully saturated rings. The van der Waals surface area contributed by atoms with Gasteiger partial charge < -0.3 is 5.73 Å². The van der Waals surface area contributed by atoms with Crippen molar-refractivity contribution >= 4 is 17.5 Å². The van der Waals surface area contributed by atoms with E-state index in [1.165, 1.54) is 4.90 Å². The third-order valence-corrected chi connectivity index (χ3v) is 3.89. The van der Waals surface area contributed by atoms with Crippen LogP contribution in [0.15, 0.2) is 18.2 Å². The molecular weight excluding hydrogens is 228 g/mol. The van der Waals surface area contributed by atoms with E-state index in [4.69, 9.17) is 5.73 Å². The summed E-state index contributed by atoms with van der Waals surface area (Å²) in [6.45, 7) is 2.02. The molecule has 1 aromatic rings. The molecule has 0 aromatic heterocycles. The van der Waals surface area contributed by atoms with Crippen LogP contribution in [0.25, 0.3) is 0 Å². The van der Waals surface area contributed by atoms with Gasteiger partial charge in [-0.1, -0.05) is 13.0 Å². The SMILES string of the molecule is CCC(C1CC1)N1C(=O)c2cccc(N)c2C1=O. The molecule has 1 aromatic carbocycles. The van der Waals surface area contributed by atoms with Crippen molar-refractivity contribution in [3.05, 3.63) is 29.3 Å². The zero-order chi connectivity index (χ0) is 12.9. The Hall–Kier alpha value is -1.84. The van der Waals surface area contributed by atoms with Crippen molar-refractivity contribution in [1.29, 1.82) is 0 Å². The predicted octanol–water partition coefficient (Wildman–Crippen LogP) is 2.05. The Morgan fingerprint density at radius 3 is 2.61 bits per heavy atom. The Labute approximate surface area is 106 Å². The molecule has 1 aliphatic heterocycles. The number of nitrogens with zero attached hydrogens (tertiary/aromatic N) is 1. The van der Waals surface area contributed by atoms with Crippen molar-refractivity contribution in [3.8, 4) is 0 Å². The number of hydrogen-bond donors (Lipinski definition) is 1. The summed E-state index contributed by atoms with van der Waals surface area (Å²) < 4.78 is 0. The van der Waals surface area contributed by atoms with E-state index in [0.29, 0.717) is 22.7 Å². The van der Waals surface area contributed by atoms with Gasteiger partial charge in [0.15, 0.2) is 0 Å². The van der Waals surface area contributed by atoms with E-state index in [-0.39, 0.29) is 17.9 Å². The maximum absolute atomic E-state index is 12.4. The van der Waals surface area contributed by atoms with Crippen LogP contribution < -0.4 is 5.73 Å². The second kappa shape index (κ2) is 3.83. The summed E-state index contributed by atoms with van der Waals surface area (Å²) in [5.41, 5.74) is 7.07. The zero-order valence-corrected chi connectivity index (χ0v) is 10.3. The summed E-state index contributed by atoms with van der Waals surface area (Å²) in [5.74, 6) is 0.0892. The number of fused-ring (bicyclic) bond motifs is 1. The molecule has 94 valence electrons. The minimum atomic E-state index is -0.216. The molecule has 1 aliphatic carbocycles. The normalized spacial score (nSPS) is 20.2. The number of hydrogen-bond acceptors (Lipinski definition) is 3. The summed E-state index contributed by atoms with van der Waals surface area (Å²) in [6, 6.07) is 5.12. The van der Waals surface area contributed by atoms with Gasteiger partial charge in [-0.3, -0.25) is 14.5 Å². The largest absolute Gasteiger partial charge is 0.398 e. The Morgan fingerprint density at radius 2 is 2.06 bits per heavy atom. The lowest BCUT2D eigenvalue weighted by Crippen LogP contribution is -2.40. The summed E-state index contributed by atoms with van der Waals surface area (Å²) in [4.78, 5) is 26.2. The number of carbonyl (C=O) groups excluding carboxylic acids is 2. The van der Waals surface area contributed by atoms with Crippen LogP contribution in [-0.4, -0.2) is 22.8 Å². The monoisotopic (exact) mass is 244 g/mol. The first-order valence-corrected chi connectivity index (χ1v) is 6.41. The summed E-state index contributed by atoms with van der Waals surface area (Å²) in [5, 5.41) is 0. The number of nitrogens with two attached hydrogens (primary N) is 1. The lowest BCUT2D eigenvalue weighted by atomic mass is 10.1. The van der Waals surface area contributed by atoms with Crippen molar-refractivity contribution in [1.82, 2.24) is 4.90 Å². The fraction of sp³-hybridized carbons (Fsp3) is 0.429. The van der Waals surface area contributed by atoms with Gasteiger partial charge >= 0.3 is 0 Å². The van der Waals surface area contributed by atoms with Gasteiger partial charge in [-0.05, 0) is 37.3 Å². The Balaban J connectivity index is 2.04. The highest BCUT2D eigenvalue weighted by molar-refractivity contribution is 6.23. The Morgan fingerprint density at radius 1 is 1.33 bits per heavy atom. The summed E-state index contributed by atoms with van der Waals surface area (Å²) in [6.07, 6.45) is 3.04. The molecule has 4 nitrogen and oxygen atoms in total. The van der Waals surface area contributed by atoms with E-state index < -0.39 is 0 Å². The van der Waals surface area contributed by atoms with Crippen molar-refractivity contribution in [3.63, 3.8) is 0 Å². The molecular formula is C14H16N2O2. The van der Waals surface area contributed by atoms with Crippen LogP contribution in [0.4, 0.5) is 5.69 Å². The summed E-state index contributed by atoms with van der Waals surface area (Å²) >= 11 is 0. The van der Waals surface area contributed by atoms with Crippen LogP contribution in [0.2, 0.25) is 0 Å². The second-order valence-corrected chi connectivity index (χ2v) is 5.06. The number of anilines is 1. The Kier molecular flexibility index (Phi) is 2.40. The van der Waals surface area contributed by atoms with E-state index in [2.05, 4.69) is 0 Å². The average Bonchev–Trinajstić information content (AvgIpc) is 3.14. The highest BCUT2D eigenvalue weighted by atomic mass is 16.2. The molecule has 3 rings (SSSR count). The molecule has 0 bridgehead atoms. The quantitative estimate of drug-likeness (QED) is 0.653. The fourth-order valence-corrected chi connectivity index (χ4v) is 2.84. The van der Waals surface area contributed by atoms with E-state index in [0.717, 1.165) is 19.3 Å². The minimum absolute atomic E-state index is 0.0387. The molecule has 1 unspecified atom stereocenters. The molecule has 0 radical (unpaired) electrons. The van der Waals surface area contributed by atoms with Crippen molar-refractivity contribution in [2.45, 2.75) is 32.2 Å². The second-order valence-electron chi connectivity index (χ2n) is 5.06. The lowest BCUT2D eigenvalue weighted by Gasteiger charge is -2.24. The van der Waals surface area contributed by atoms with Crippen molar-refractivity contribution in [2.75, 3.05) is 5.73 Å². The van der Waals surface area contributed by atoms with Crippen LogP contribution in [-0.2, 0) is 0 Å². The number of carbonyl (C=O) groups is 2. The molecule has 2 aliphatic rings. The van der Waals surface area contributed by atoms with Gasteiger partial charge in [0.05, 0.1) is 11.1 Å². The van der Waals surface area contributed by atoms with Gasteiger partial charge in [-0.25, -0.2) is 0 Å². The lowest BCUT2D eigenvalue weighted by molar-refractivity contribution is 0.0560. The number of rotatable bonds is 3. The smallest absolute Gasteiger partial charge is 0.263 e. The van der Waals surface area contributed by atoms with Crippen LogP contribution in [0, 0.1) is 5.92 Å². The molecule has 18 heavy (non-hydrogen) atoms. The predicted molar refractivity (Wildman–Crippen MR) is 68.2 cm³/mol. The first kappa shape index (κ1) is 11.3. The van der Waals surface area contributed by atoms with E-state index in [1.54, 1.807) is 18.2 Å². The van der Waals surface area contributed by atoms with Crippen molar-refractivity contribution in [2.24, 2.45) is 5.92 Å². The maximum Gasteiger partial charge on any atom is 0.263 e. The standard InChI is InChI=1S/C14H16N2O2/c1-2-11(8-6-7-8)16-13(17)9-4-3-5-10(15)12(9)14(16)18/h3-5,8,11H,2,6-7,15H2,1H3. The Bertz CT molecular complexity index is 535. The molecule has 2 N–H and O–H groups in total. The van der Waals surface area contributed by atoms with Gasteiger partial charge in [0.25, 0.3) is 11.8 Å². The topological polar surface area (TPSA) is 63.4 Å². The van der Waals surface area contributed by atoms with Crippen LogP contribution in [0.1, 0.15) is 46.9 Å². The first-order valence-electron chi connectivity index (χ1n) is 6.41. The first-order chi connectivity index (χ1) is 8.65. The molecule has 1 heterocycles. The van der Waals surface area contributed by atoms with Gasteiger partial charge in [-0.2, -0.15) is 0 Å². The van der Waals surface area contributed by atoms with Crippen LogP contribution >= 0.6 is 0 Å². The van der Waals surface area contributed by atoms with Gasteiger partial charge in [0.2, 0.25) is 0 Å². The number of benzene rings is 1. The third-order valence-electron chi connectivity index (χ3n) is 3.89. The zero-order valence-electron chi connectivity index (χ0n) is 10.3. The van der Waals surface area contributed by atoms with Crippen LogP contribution in [0.3, 0.4) is 0 Å². The molecule has 2 amide bonds. The van der Waals surface area contributed by atoms with E-state index >= 15 is 0 Å². The van der Waals surface area contributed by atoms with E-state index in [1.807, 2.05) is 6.92 Å². The third kappa shape index (κ3) is 1.45. The van der Waals surface area contributed by atoms with Crippen molar-refractivity contribution < 1.29 is 9.59 Å². The molecule has 0 spiro atoms. The molecule has 1 atom stereocenters. The fourth-order valence-electron chi connectivity index (χ4n) is 2.84. The number of nitrogen functional groups attached to an aromatic ring is 1. The number of amides is 2. The molecule has 0 saturated heterocycles. The minimum Gasteiger partial charge on any atom is -0.398 e. The van der Waals surface area contributed by atoms with E-state index in [9.17, 15) is 9.59 Å². The molecule has 1 saturated carbocycles. The summed E-state index contributed by atoms with van der Waals surface area (Å²) in [7, 11) is 0.